The van der Waals surface area contributed by atoms with Crippen LogP contribution in [0.5, 0.6) is 0 Å². The number of rotatable bonds is 5. The summed E-state index contributed by atoms with van der Waals surface area (Å²) < 4.78 is 1.27. The average molecular weight is 388 g/mol. The van der Waals surface area contributed by atoms with Gasteiger partial charge in [-0.05, 0) is 36.2 Å². The first-order valence-electron chi connectivity index (χ1n) is 9.44. The molecule has 1 aromatic heterocycles. The van der Waals surface area contributed by atoms with Crippen LogP contribution in [-0.4, -0.2) is 28.1 Å². The maximum absolute atomic E-state index is 12.7. The summed E-state index contributed by atoms with van der Waals surface area (Å²) in [6, 6.07) is 19.4. The molecule has 1 saturated heterocycles. The fraction of sp³-hybridized carbons (Fsp3) is 0.182. The van der Waals surface area contributed by atoms with Crippen LogP contribution in [0.25, 0.3) is 0 Å². The minimum Gasteiger partial charge on any atom is -0.321 e. The van der Waals surface area contributed by atoms with Crippen molar-refractivity contribution in [3.8, 4) is 0 Å². The van der Waals surface area contributed by atoms with Gasteiger partial charge in [-0.3, -0.25) is 14.4 Å². The Kier molecular flexibility index (Phi) is 5.20. The Hall–Kier alpha value is -3.74. The summed E-state index contributed by atoms with van der Waals surface area (Å²) in [5.41, 5.74) is 2.10. The first kappa shape index (κ1) is 18.6. The van der Waals surface area contributed by atoms with E-state index in [1.807, 2.05) is 36.4 Å². The minimum absolute atomic E-state index is 0.0862. The highest BCUT2D eigenvalue weighted by molar-refractivity contribution is 6.03. The Bertz CT molecular complexity index is 1110. The van der Waals surface area contributed by atoms with Gasteiger partial charge in [0.05, 0.1) is 6.54 Å². The molecular formula is C22H20N4O3. The maximum Gasteiger partial charge on any atom is 0.276 e. The summed E-state index contributed by atoms with van der Waals surface area (Å²) in [6.45, 7) is 0.968. The van der Waals surface area contributed by atoms with Crippen LogP contribution in [0.15, 0.2) is 71.5 Å². The number of anilines is 2. The monoisotopic (exact) mass is 388 g/mol. The van der Waals surface area contributed by atoms with Gasteiger partial charge in [0.25, 0.3) is 11.5 Å². The van der Waals surface area contributed by atoms with Crippen molar-refractivity contribution in [2.75, 3.05) is 16.8 Å². The smallest absolute Gasteiger partial charge is 0.276 e. The molecule has 3 aromatic rings. The van der Waals surface area contributed by atoms with E-state index in [1.165, 1.54) is 16.8 Å². The molecule has 2 heterocycles. The number of aromatic nitrogens is 2. The molecule has 2 amide bonds. The molecular weight excluding hydrogens is 368 g/mol. The van der Waals surface area contributed by atoms with Gasteiger partial charge >= 0.3 is 0 Å². The molecule has 1 fully saturated rings. The van der Waals surface area contributed by atoms with Gasteiger partial charge in [0.1, 0.15) is 5.69 Å². The number of amides is 2. The second-order valence-electron chi connectivity index (χ2n) is 6.85. The second-order valence-corrected chi connectivity index (χ2v) is 6.85. The van der Waals surface area contributed by atoms with Gasteiger partial charge in [-0.2, -0.15) is 5.10 Å². The number of hydrogen-bond donors (Lipinski definition) is 1. The van der Waals surface area contributed by atoms with E-state index in [0.29, 0.717) is 18.7 Å². The van der Waals surface area contributed by atoms with E-state index in [-0.39, 0.29) is 23.7 Å². The first-order chi connectivity index (χ1) is 14.1. The number of nitrogens with zero attached hydrogens (tertiary/aromatic N) is 3. The Balaban J connectivity index is 1.52. The van der Waals surface area contributed by atoms with Crippen molar-refractivity contribution >= 4 is 23.2 Å². The molecule has 0 atom stereocenters. The number of carbonyl (C=O) groups excluding carboxylic acids is 2. The molecule has 7 heteroatoms. The van der Waals surface area contributed by atoms with Crippen LogP contribution in [0.1, 0.15) is 28.9 Å². The maximum atomic E-state index is 12.7. The van der Waals surface area contributed by atoms with E-state index in [4.69, 9.17) is 0 Å². The lowest BCUT2D eigenvalue weighted by Gasteiger charge is -2.16. The van der Waals surface area contributed by atoms with Gasteiger partial charge in [-0.1, -0.05) is 36.4 Å². The van der Waals surface area contributed by atoms with Gasteiger partial charge in [-0.25, -0.2) is 4.68 Å². The third kappa shape index (κ3) is 4.24. The van der Waals surface area contributed by atoms with Crippen molar-refractivity contribution in [1.82, 2.24) is 9.78 Å². The third-order valence-electron chi connectivity index (χ3n) is 4.76. The Morgan fingerprint density at radius 2 is 1.83 bits per heavy atom. The highest BCUT2D eigenvalue weighted by atomic mass is 16.2. The molecule has 0 bridgehead atoms. The summed E-state index contributed by atoms with van der Waals surface area (Å²) in [5.74, 6) is -0.333. The Morgan fingerprint density at radius 1 is 1.00 bits per heavy atom. The van der Waals surface area contributed by atoms with Crippen molar-refractivity contribution in [3.63, 3.8) is 0 Å². The van der Waals surface area contributed by atoms with E-state index in [0.717, 1.165) is 17.7 Å². The van der Waals surface area contributed by atoms with Crippen LogP contribution >= 0.6 is 0 Å². The fourth-order valence-electron chi connectivity index (χ4n) is 3.31. The molecule has 1 aliphatic rings. The van der Waals surface area contributed by atoms with Crippen LogP contribution in [-0.2, 0) is 11.3 Å². The van der Waals surface area contributed by atoms with Crippen molar-refractivity contribution in [2.45, 2.75) is 19.4 Å². The fourth-order valence-corrected chi connectivity index (χ4v) is 3.31. The molecule has 7 nitrogen and oxygen atoms in total. The quantitative estimate of drug-likeness (QED) is 0.728. The highest BCUT2D eigenvalue weighted by Crippen LogP contribution is 2.24. The van der Waals surface area contributed by atoms with Gasteiger partial charge in [-0.15, -0.1) is 0 Å². The minimum atomic E-state index is -0.420. The lowest BCUT2D eigenvalue weighted by molar-refractivity contribution is -0.117. The zero-order valence-corrected chi connectivity index (χ0v) is 15.7. The van der Waals surface area contributed by atoms with E-state index in [9.17, 15) is 14.4 Å². The summed E-state index contributed by atoms with van der Waals surface area (Å²) in [4.78, 5) is 38.4. The lowest BCUT2D eigenvalue weighted by Crippen LogP contribution is -2.26. The molecule has 0 unspecified atom stereocenters. The summed E-state index contributed by atoms with van der Waals surface area (Å²) in [6.07, 6.45) is 1.38. The molecule has 0 spiro atoms. The van der Waals surface area contributed by atoms with Crippen LogP contribution < -0.4 is 15.8 Å². The lowest BCUT2D eigenvalue weighted by atomic mass is 10.2. The van der Waals surface area contributed by atoms with Crippen molar-refractivity contribution in [2.24, 2.45) is 0 Å². The van der Waals surface area contributed by atoms with E-state index < -0.39 is 5.91 Å². The average Bonchev–Trinajstić information content (AvgIpc) is 3.16. The standard InChI is InChI=1S/C22H20N4O3/c27-20-10-5-13-25(20)18-9-4-8-17(14-18)23-22(29)19-11-12-21(28)26(24-19)15-16-6-2-1-3-7-16/h1-4,6-9,11-12,14H,5,10,13,15H2,(H,23,29). The van der Waals surface area contributed by atoms with Gasteiger partial charge < -0.3 is 10.2 Å². The number of hydrogen-bond acceptors (Lipinski definition) is 4. The van der Waals surface area contributed by atoms with Crippen molar-refractivity contribution < 1.29 is 9.59 Å². The molecule has 0 saturated carbocycles. The molecule has 1 aliphatic heterocycles. The summed E-state index contributed by atoms with van der Waals surface area (Å²) in [5, 5.41) is 7.00. The third-order valence-corrected chi connectivity index (χ3v) is 4.76. The molecule has 2 aromatic carbocycles. The molecule has 1 N–H and O–H groups in total. The van der Waals surface area contributed by atoms with Gasteiger partial charge in [0.15, 0.2) is 0 Å². The van der Waals surface area contributed by atoms with E-state index >= 15 is 0 Å². The summed E-state index contributed by atoms with van der Waals surface area (Å²) >= 11 is 0. The predicted molar refractivity (Wildman–Crippen MR) is 110 cm³/mol. The summed E-state index contributed by atoms with van der Waals surface area (Å²) in [7, 11) is 0. The molecule has 0 aliphatic carbocycles. The molecule has 4 rings (SSSR count). The molecule has 146 valence electrons. The highest BCUT2D eigenvalue weighted by Gasteiger charge is 2.22. The number of benzene rings is 2. The van der Waals surface area contributed by atoms with Crippen molar-refractivity contribution in [1.29, 1.82) is 0 Å². The topological polar surface area (TPSA) is 84.3 Å². The van der Waals surface area contributed by atoms with E-state index in [2.05, 4.69) is 10.4 Å². The number of nitrogens with one attached hydrogen (secondary N) is 1. The van der Waals surface area contributed by atoms with Crippen LogP contribution in [0.3, 0.4) is 0 Å². The Labute approximate surface area is 167 Å². The zero-order chi connectivity index (χ0) is 20.2. The van der Waals surface area contributed by atoms with Crippen LogP contribution in [0.2, 0.25) is 0 Å². The van der Waals surface area contributed by atoms with Crippen molar-refractivity contribution in [3.05, 3.63) is 88.3 Å². The van der Waals surface area contributed by atoms with Gasteiger partial charge in [0, 0.05) is 30.4 Å². The molecule has 29 heavy (non-hydrogen) atoms. The molecule has 0 radical (unpaired) electrons. The SMILES string of the molecule is O=C(Nc1cccc(N2CCCC2=O)c1)c1ccc(=O)n(Cc2ccccc2)n1. The Morgan fingerprint density at radius 3 is 2.59 bits per heavy atom. The largest absolute Gasteiger partial charge is 0.321 e. The number of carbonyl (C=O) groups is 2. The van der Waals surface area contributed by atoms with E-state index in [1.54, 1.807) is 23.1 Å². The van der Waals surface area contributed by atoms with Gasteiger partial charge in [0.2, 0.25) is 5.91 Å². The second kappa shape index (κ2) is 8.10. The van der Waals surface area contributed by atoms with Crippen LogP contribution in [0, 0.1) is 0 Å². The first-order valence-corrected chi connectivity index (χ1v) is 9.44. The van der Waals surface area contributed by atoms with Crippen LogP contribution in [0.4, 0.5) is 11.4 Å². The predicted octanol–water partition coefficient (Wildman–Crippen LogP) is 2.67. The zero-order valence-electron chi connectivity index (χ0n) is 15.7. The normalized spacial score (nSPS) is 13.5.